The van der Waals surface area contributed by atoms with E-state index in [1.807, 2.05) is 6.92 Å². The lowest BCUT2D eigenvalue weighted by atomic mass is 9.74. The van der Waals surface area contributed by atoms with Gasteiger partial charge in [-0.3, -0.25) is 24.0 Å². The SMILES string of the molecule is C[C@@H]1CCO[C@H]1C(CC(=O)c1c(Cl)cncc1Cl)NC(=O)c1cnn(C2CCC(C)(C(=O)O)CC2)c1C(F)(F)F. The summed E-state index contributed by atoms with van der Waals surface area (Å²) < 4.78 is 49.5. The molecule has 0 spiro atoms. The van der Waals surface area contributed by atoms with E-state index in [4.69, 9.17) is 27.9 Å². The number of carbonyl (C=O) groups excluding carboxylic acids is 2. The van der Waals surface area contributed by atoms with Gasteiger partial charge in [-0.15, -0.1) is 0 Å². The van der Waals surface area contributed by atoms with Crippen molar-refractivity contribution in [3.05, 3.63) is 45.5 Å². The molecule has 1 unspecified atom stereocenters. The molecule has 1 aliphatic heterocycles. The first kappa shape index (κ1) is 30.3. The number of nitrogens with zero attached hydrogens (tertiary/aromatic N) is 3. The summed E-state index contributed by atoms with van der Waals surface area (Å²) >= 11 is 12.3. The largest absolute Gasteiger partial charge is 0.481 e. The Bertz CT molecular complexity index is 1270. The summed E-state index contributed by atoms with van der Waals surface area (Å²) in [4.78, 5) is 41.9. The van der Waals surface area contributed by atoms with E-state index in [-0.39, 0.29) is 53.6 Å². The Labute approximate surface area is 238 Å². The number of hydrogen-bond acceptors (Lipinski definition) is 6. The molecule has 4 rings (SSSR count). The minimum absolute atomic E-state index is 0.00214. The minimum atomic E-state index is -4.92. The van der Waals surface area contributed by atoms with Crippen LogP contribution in [0.25, 0.3) is 0 Å². The van der Waals surface area contributed by atoms with Gasteiger partial charge in [0.1, 0.15) is 0 Å². The molecule has 3 atom stereocenters. The maximum absolute atomic E-state index is 14.3. The first-order valence-corrected chi connectivity index (χ1v) is 13.6. The Morgan fingerprint density at radius 1 is 1.18 bits per heavy atom. The summed E-state index contributed by atoms with van der Waals surface area (Å²) in [5.41, 5.74) is -2.94. The molecule has 0 aromatic carbocycles. The second-order valence-electron chi connectivity index (χ2n) is 10.7. The average Bonchev–Trinajstić information content (AvgIpc) is 3.50. The summed E-state index contributed by atoms with van der Waals surface area (Å²) in [5.74, 6) is -2.67. The number of rotatable bonds is 8. The zero-order chi connectivity index (χ0) is 29.4. The second kappa shape index (κ2) is 11.7. The zero-order valence-electron chi connectivity index (χ0n) is 21.8. The quantitative estimate of drug-likeness (QED) is 0.375. The molecule has 1 amide bonds. The van der Waals surface area contributed by atoms with Crippen LogP contribution in [-0.4, -0.2) is 56.3 Å². The third-order valence-corrected chi connectivity index (χ3v) is 8.50. The highest BCUT2D eigenvalue weighted by Gasteiger charge is 2.45. The molecule has 9 nitrogen and oxygen atoms in total. The summed E-state index contributed by atoms with van der Waals surface area (Å²) in [6, 6.07) is -1.70. The molecule has 14 heteroatoms. The number of alkyl halides is 3. The van der Waals surface area contributed by atoms with Crippen LogP contribution in [0.4, 0.5) is 13.2 Å². The molecule has 2 aliphatic rings. The van der Waals surface area contributed by atoms with Crippen LogP contribution in [-0.2, 0) is 15.7 Å². The number of carbonyl (C=O) groups is 3. The Balaban J connectivity index is 1.61. The minimum Gasteiger partial charge on any atom is -0.481 e. The van der Waals surface area contributed by atoms with Gasteiger partial charge in [-0.1, -0.05) is 30.1 Å². The molecule has 2 aromatic heterocycles. The fourth-order valence-corrected chi connectivity index (χ4v) is 6.07. The molecule has 3 heterocycles. The van der Waals surface area contributed by atoms with E-state index in [9.17, 15) is 32.7 Å². The number of aromatic nitrogens is 3. The fourth-order valence-electron chi connectivity index (χ4n) is 5.49. The van der Waals surface area contributed by atoms with Crippen molar-refractivity contribution in [1.29, 1.82) is 0 Å². The number of ketones is 1. The van der Waals surface area contributed by atoms with Crippen molar-refractivity contribution in [3.63, 3.8) is 0 Å². The zero-order valence-corrected chi connectivity index (χ0v) is 23.3. The molecule has 0 radical (unpaired) electrons. The van der Waals surface area contributed by atoms with Gasteiger partial charge in [-0.2, -0.15) is 18.3 Å². The van der Waals surface area contributed by atoms with Crippen LogP contribution in [0.15, 0.2) is 18.6 Å². The number of pyridine rings is 1. The van der Waals surface area contributed by atoms with E-state index in [1.165, 1.54) is 12.4 Å². The molecule has 1 saturated heterocycles. The van der Waals surface area contributed by atoms with E-state index >= 15 is 0 Å². The average molecular weight is 605 g/mol. The highest BCUT2D eigenvalue weighted by atomic mass is 35.5. The number of nitrogens with one attached hydrogen (secondary N) is 1. The van der Waals surface area contributed by atoms with Crippen molar-refractivity contribution in [2.24, 2.45) is 11.3 Å². The lowest BCUT2D eigenvalue weighted by Crippen LogP contribution is -2.47. The van der Waals surface area contributed by atoms with Gasteiger partial charge in [-0.25, -0.2) is 0 Å². The molecule has 0 bridgehead atoms. The first-order valence-electron chi connectivity index (χ1n) is 12.9. The molecule has 2 N–H and O–H groups in total. The number of halogens is 5. The third kappa shape index (κ3) is 6.13. The van der Waals surface area contributed by atoms with Gasteiger partial charge in [0, 0.05) is 25.4 Å². The van der Waals surface area contributed by atoms with Crippen LogP contribution in [0.1, 0.15) is 84.8 Å². The van der Waals surface area contributed by atoms with Crippen LogP contribution < -0.4 is 5.32 Å². The lowest BCUT2D eigenvalue weighted by Gasteiger charge is -2.34. The number of carboxylic acids is 1. The van der Waals surface area contributed by atoms with E-state index in [0.717, 1.165) is 10.9 Å². The van der Waals surface area contributed by atoms with Crippen LogP contribution in [0, 0.1) is 11.3 Å². The Hall–Kier alpha value is -2.70. The van der Waals surface area contributed by atoms with Crippen LogP contribution in [0.5, 0.6) is 0 Å². The number of amides is 1. The van der Waals surface area contributed by atoms with Gasteiger partial charge in [0.15, 0.2) is 11.5 Å². The summed E-state index contributed by atoms with van der Waals surface area (Å²) in [6.45, 7) is 3.80. The van der Waals surface area contributed by atoms with Crippen molar-refractivity contribution in [3.8, 4) is 0 Å². The van der Waals surface area contributed by atoms with E-state index < -0.39 is 58.7 Å². The monoisotopic (exact) mass is 604 g/mol. The number of Topliss-reactive ketones (excluding diaryl/α,β-unsaturated/α-hetero) is 1. The van der Waals surface area contributed by atoms with Crippen molar-refractivity contribution in [2.45, 2.75) is 76.7 Å². The predicted octanol–water partition coefficient (Wildman–Crippen LogP) is 5.61. The normalized spacial score (nSPS) is 25.9. The molecule has 2 aromatic rings. The molecule has 2 fully saturated rings. The number of ether oxygens (including phenoxy) is 1. The van der Waals surface area contributed by atoms with Crippen molar-refractivity contribution in [1.82, 2.24) is 20.1 Å². The van der Waals surface area contributed by atoms with Gasteiger partial charge in [-0.05, 0) is 44.9 Å². The third-order valence-electron chi connectivity index (χ3n) is 7.92. The number of aliphatic carboxylic acids is 1. The number of carboxylic acid groups (broad SMARTS) is 1. The van der Waals surface area contributed by atoms with Gasteiger partial charge < -0.3 is 15.2 Å². The Morgan fingerprint density at radius 3 is 2.33 bits per heavy atom. The van der Waals surface area contributed by atoms with Gasteiger partial charge in [0.25, 0.3) is 5.91 Å². The smallest absolute Gasteiger partial charge is 0.433 e. The first-order chi connectivity index (χ1) is 18.7. The van der Waals surface area contributed by atoms with Crippen LogP contribution in [0.3, 0.4) is 0 Å². The highest BCUT2D eigenvalue weighted by Crippen LogP contribution is 2.43. The Morgan fingerprint density at radius 2 is 1.80 bits per heavy atom. The summed E-state index contributed by atoms with van der Waals surface area (Å²) in [6.07, 6.45) is -1.22. The van der Waals surface area contributed by atoms with Crippen molar-refractivity contribution < 1.29 is 37.4 Å². The van der Waals surface area contributed by atoms with Gasteiger partial charge in [0.05, 0.1) is 51.0 Å². The van der Waals surface area contributed by atoms with Crippen molar-refractivity contribution >= 4 is 40.9 Å². The molecule has 218 valence electrons. The van der Waals surface area contributed by atoms with E-state index in [1.54, 1.807) is 6.92 Å². The standard InChI is InChI=1S/C26H29Cl2F3N4O5/c1-13-5-8-40-21(13)18(9-19(36)20-16(27)11-32-12-17(20)28)34-23(37)15-10-33-35(22(15)26(29,30)31)14-3-6-25(2,7-4-14)24(38)39/h10-14,18,21H,3-9H2,1-2H3,(H,34,37)(H,38,39)/t13-,14?,18?,21-,25?/m1/s1. The highest BCUT2D eigenvalue weighted by molar-refractivity contribution is 6.39. The maximum atomic E-state index is 14.3. The fraction of sp³-hybridized carbons (Fsp3) is 0.577. The van der Waals surface area contributed by atoms with E-state index in [0.29, 0.717) is 13.0 Å². The molecule has 1 aliphatic carbocycles. The Kier molecular flexibility index (Phi) is 8.82. The lowest BCUT2D eigenvalue weighted by molar-refractivity contribution is -0.152. The van der Waals surface area contributed by atoms with Gasteiger partial charge in [0.2, 0.25) is 0 Å². The molecular weight excluding hydrogens is 576 g/mol. The predicted molar refractivity (Wildman–Crippen MR) is 138 cm³/mol. The van der Waals surface area contributed by atoms with E-state index in [2.05, 4.69) is 15.4 Å². The maximum Gasteiger partial charge on any atom is 0.433 e. The summed E-state index contributed by atoms with van der Waals surface area (Å²) in [7, 11) is 0. The summed E-state index contributed by atoms with van der Waals surface area (Å²) in [5, 5.41) is 16.0. The molecule has 1 saturated carbocycles. The topological polar surface area (TPSA) is 123 Å². The second-order valence-corrected chi connectivity index (χ2v) is 11.5. The van der Waals surface area contributed by atoms with Crippen LogP contribution >= 0.6 is 23.2 Å². The van der Waals surface area contributed by atoms with Crippen molar-refractivity contribution in [2.75, 3.05) is 6.61 Å². The molecular formula is C26H29Cl2F3N4O5. The van der Waals surface area contributed by atoms with Gasteiger partial charge >= 0.3 is 12.1 Å². The molecule has 40 heavy (non-hydrogen) atoms. The van der Waals surface area contributed by atoms with Crippen LogP contribution in [0.2, 0.25) is 10.0 Å². The number of hydrogen-bond donors (Lipinski definition) is 2.